The number of phenolic OH excluding ortho intramolecular Hbond substituents is 2. The second kappa shape index (κ2) is 6.04. The minimum absolute atomic E-state index is 0.0864. The number of fused-ring (bicyclic) bond motifs is 1. The highest BCUT2D eigenvalue weighted by Crippen LogP contribution is 2.24. The molecule has 0 atom stereocenters. The summed E-state index contributed by atoms with van der Waals surface area (Å²) in [4.78, 5) is 37.2. The van der Waals surface area contributed by atoms with Gasteiger partial charge in [0.15, 0.2) is 0 Å². The van der Waals surface area contributed by atoms with Gasteiger partial charge in [-0.1, -0.05) is 12.1 Å². The SMILES string of the molecule is O=C(OCCN1C(=O)c2ccccc2C1=O)c1ccc(O)cc1O. The highest BCUT2D eigenvalue weighted by Gasteiger charge is 2.34. The predicted octanol–water partition coefficient (Wildman–Crippen LogP) is 1.55. The number of rotatable bonds is 4. The van der Waals surface area contributed by atoms with E-state index in [1.54, 1.807) is 24.3 Å². The molecule has 2 aromatic carbocycles. The molecular weight excluding hydrogens is 314 g/mol. The summed E-state index contributed by atoms with van der Waals surface area (Å²) in [5.74, 6) is -2.28. The Balaban J connectivity index is 1.62. The summed E-state index contributed by atoms with van der Waals surface area (Å²) < 4.78 is 4.98. The minimum atomic E-state index is -0.816. The van der Waals surface area contributed by atoms with Crippen LogP contribution in [0.2, 0.25) is 0 Å². The Bertz CT molecular complexity index is 810. The van der Waals surface area contributed by atoms with Crippen LogP contribution >= 0.6 is 0 Å². The van der Waals surface area contributed by atoms with Crippen LogP contribution in [0.15, 0.2) is 42.5 Å². The van der Waals surface area contributed by atoms with E-state index < -0.39 is 23.5 Å². The maximum atomic E-state index is 12.1. The predicted molar refractivity (Wildman–Crippen MR) is 81.9 cm³/mol. The maximum absolute atomic E-state index is 12.1. The fourth-order valence-corrected chi connectivity index (χ4v) is 2.44. The van der Waals surface area contributed by atoms with Gasteiger partial charge in [-0.2, -0.15) is 0 Å². The smallest absolute Gasteiger partial charge is 0.341 e. The van der Waals surface area contributed by atoms with E-state index in [-0.39, 0.29) is 24.5 Å². The molecule has 122 valence electrons. The van der Waals surface area contributed by atoms with E-state index in [9.17, 15) is 24.6 Å². The molecule has 24 heavy (non-hydrogen) atoms. The fourth-order valence-electron chi connectivity index (χ4n) is 2.44. The van der Waals surface area contributed by atoms with E-state index in [2.05, 4.69) is 0 Å². The molecule has 3 rings (SSSR count). The summed E-state index contributed by atoms with van der Waals surface area (Å²) in [7, 11) is 0. The lowest BCUT2D eigenvalue weighted by Crippen LogP contribution is -2.33. The summed E-state index contributed by atoms with van der Waals surface area (Å²) in [5, 5.41) is 18.8. The molecule has 0 saturated carbocycles. The molecule has 7 heteroatoms. The van der Waals surface area contributed by atoms with E-state index in [4.69, 9.17) is 4.74 Å². The topological polar surface area (TPSA) is 104 Å². The Kier molecular flexibility index (Phi) is 3.91. The van der Waals surface area contributed by atoms with Gasteiger partial charge >= 0.3 is 5.97 Å². The molecule has 0 saturated heterocycles. The molecule has 1 aliphatic heterocycles. The number of aromatic hydroxyl groups is 2. The van der Waals surface area contributed by atoms with Gasteiger partial charge in [0.1, 0.15) is 23.7 Å². The highest BCUT2D eigenvalue weighted by molar-refractivity contribution is 6.21. The maximum Gasteiger partial charge on any atom is 0.341 e. The molecule has 0 spiro atoms. The van der Waals surface area contributed by atoms with Gasteiger partial charge < -0.3 is 14.9 Å². The van der Waals surface area contributed by atoms with Gasteiger partial charge in [0.05, 0.1) is 17.7 Å². The molecule has 1 heterocycles. The summed E-state index contributed by atoms with van der Waals surface area (Å²) in [6.45, 7) is -0.290. The van der Waals surface area contributed by atoms with Crippen LogP contribution < -0.4 is 0 Å². The van der Waals surface area contributed by atoms with Crippen LogP contribution in [0.1, 0.15) is 31.1 Å². The fraction of sp³-hybridized carbons (Fsp3) is 0.118. The molecule has 0 fully saturated rings. The van der Waals surface area contributed by atoms with E-state index in [0.717, 1.165) is 11.0 Å². The van der Waals surface area contributed by atoms with E-state index in [1.165, 1.54) is 12.1 Å². The summed E-state index contributed by atoms with van der Waals surface area (Å²) in [6, 6.07) is 9.94. The Labute approximate surface area is 136 Å². The molecule has 1 aliphatic rings. The quantitative estimate of drug-likeness (QED) is 0.652. The first-order chi connectivity index (χ1) is 11.5. The van der Waals surface area contributed by atoms with Crippen molar-refractivity contribution < 1.29 is 29.3 Å². The summed E-state index contributed by atoms with van der Waals surface area (Å²) in [5.41, 5.74) is 0.533. The van der Waals surface area contributed by atoms with Gasteiger partial charge in [-0.25, -0.2) is 4.79 Å². The van der Waals surface area contributed by atoms with Crippen LogP contribution in [-0.2, 0) is 4.74 Å². The first-order valence-corrected chi connectivity index (χ1v) is 7.13. The molecule has 0 aliphatic carbocycles. The van der Waals surface area contributed by atoms with Crippen LogP contribution in [0.5, 0.6) is 11.5 Å². The van der Waals surface area contributed by atoms with Crippen molar-refractivity contribution in [1.82, 2.24) is 4.90 Å². The molecule has 0 aromatic heterocycles. The second-order valence-electron chi connectivity index (χ2n) is 5.14. The average Bonchev–Trinajstić information content (AvgIpc) is 2.80. The zero-order chi connectivity index (χ0) is 17.3. The number of amides is 2. The van der Waals surface area contributed by atoms with Crippen molar-refractivity contribution in [3.63, 3.8) is 0 Å². The van der Waals surface area contributed by atoms with Crippen LogP contribution in [-0.4, -0.2) is 46.0 Å². The van der Waals surface area contributed by atoms with Crippen molar-refractivity contribution in [1.29, 1.82) is 0 Å². The zero-order valence-corrected chi connectivity index (χ0v) is 12.4. The van der Waals surface area contributed by atoms with E-state index in [1.807, 2.05) is 0 Å². The van der Waals surface area contributed by atoms with Gasteiger partial charge in [-0.15, -0.1) is 0 Å². The number of carbonyl (C=O) groups excluding carboxylic acids is 3. The molecular formula is C17H13NO6. The van der Waals surface area contributed by atoms with Crippen molar-refractivity contribution in [3.05, 3.63) is 59.2 Å². The van der Waals surface area contributed by atoms with Gasteiger partial charge in [-0.3, -0.25) is 14.5 Å². The lowest BCUT2D eigenvalue weighted by atomic mass is 10.1. The third-order valence-corrected chi connectivity index (χ3v) is 3.63. The lowest BCUT2D eigenvalue weighted by Gasteiger charge is -2.14. The first-order valence-electron chi connectivity index (χ1n) is 7.13. The van der Waals surface area contributed by atoms with Crippen molar-refractivity contribution in [2.45, 2.75) is 0 Å². The molecule has 2 N–H and O–H groups in total. The molecule has 0 bridgehead atoms. The zero-order valence-electron chi connectivity index (χ0n) is 12.4. The number of carbonyl (C=O) groups is 3. The molecule has 2 amide bonds. The number of hydrogen-bond acceptors (Lipinski definition) is 6. The molecule has 7 nitrogen and oxygen atoms in total. The van der Waals surface area contributed by atoms with Gasteiger partial charge in [-0.05, 0) is 24.3 Å². The highest BCUT2D eigenvalue weighted by atomic mass is 16.5. The van der Waals surface area contributed by atoms with Crippen molar-refractivity contribution >= 4 is 17.8 Å². The van der Waals surface area contributed by atoms with Crippen LogP contribution in [0.3, 0.4) is 0 Å². The number of nitrogens with zero attached hydrogens (tertiary/aromatic N) is 1. The van der Waals surface area contributed by atoms with Gasteiger partial charge in [0.2, 0.25) is 0 Å². The third kappa shape index (κ3) is 2.67. The van der Waals surface area contributed by atoms with Crippen molar-refractivity contribution in [2.24, 2.45) is 0 Å². The van der Waals surface area contributed by atoms with Crippen LogP contribution in [0, 0.1) is 0 Å². The van der Waals surface area contributed by atoms with Gasteiger partial charge in [0, 0.05) is 6.07 Å². The number of imide groups is 1. The lowest BCUT2D eigenvalue weighted by molar-refractivity contribution is 0.0417. The minimum Gasteiger partial charge on any atom is -0.508 e. The third-order valence-electron chi connectivity index (χ3n) is 3.63. The Morgan fingerprint density at radius 3 is 2.21 bits per heavy atom. The number of phenols is 2. The van der Waals surface area contributed by atoms with Crippen molar-refractivity contribution in [2.75, 3.05) is 13.2 Å². The number of ether oxygens (including phenoxy) is 1. The van der Waals surface area contributed by atoms with Crippen LogP contribution in [0.25, 0.3) is 0 Å². The number of esters is 1. The largest absolute Gasteiger partial charge is 0.508 e. The average molecular weight is 327 g/mol. The summed E-state index contributed by atoms with van der Waals surface area (Å²) in [6.07, 6.45) is 0. The molecule has 2 aromatic rings. The second-order valence-corrected chi connectivity index (χ2v) is 5.14. The Hall–Kier alpha value is -3.35. The normalized spacial score (nSPS) is 13.1. The molecule has 0 radical (unpaired) electrons. The standard InChI is InChI=1S/C17H13NO6/c19-10-5-6-13(14(20)9-10)17(23)24-8-7-18-15(21)11-3-1-2-4-12(11)16(18)22/h1-6,9,19-20H,7-8H2. The van der Waals surface area contributed by atoms with Crippen LogP contribution in [0.4, 0.5) is 0 Å². The Morgan fingerprint density at radius 1 is 1.00 bits per heavy atom. The number of hydrogen-bond donors (Lipinski definition) is 2. The van der Waals surface area contributed by atoms with E-state index in [0.29, 0.717) is 11.1 Å². The molecule has 0 unspecified atom stereocenters. The first kappa shape index (κ1) is 15.5. The monoisotopic (exact) mass is 327 g/mol. The Morgan fingerprint density at radius 2 is 1.62 bits per heavy atom. The van der Waals surface area contributed by atoms with Gasteiger partial charge in [0.25, 0.3) is 11.8 Å². The number of benzene rings is 2. The summed E-state index contributed by atoms with van der Waals surface area (Å²) >= 11 is 0. The van der Waals surface area contributed by atoms with Crippen molar-refractivity contribution in [3.8, 4) is 11.5 Å². The van der Waals surface area contributed by atoms with E-state index >= 15 is 0 Å².